The first-order valence-corrected chi connectivity index (χ1v) is 11.4. The van der Waals surface area contributed by atoms with Crippen molar-refractivity contribution in [1.82, 2.24) is 10.3 Å². The molecule has 1 N–H and O–H groups in total. The van der Waals surface area contributed by atoms with Gasteiger partial charge in [-0.25, -0.2) is 17.8 Å². The number of amides is 1. The molecule has 6 nitrogen and oxygen atoms in total. The van der Waals surface area contributed by atoms with Crippen molar-refractivity contribution >= 4 is 27.3 Å². The Hall–Kier alpha value is -2.71. The van der Waals surface area contributed by atoms with E-state index in [1.807, 2.05) is 12.1 Å². The number of hydrogen-bond acceptors (Lipinski definition) is 5. The standard InChI is InChI=1S/C21H20ClFN2O4S/c1-14-19(25-21(29-14)17-4-2-3-5-18(17)23)12-30(27,28)13-20(26)24-11-10-15-6-8-16(22)9-7-15/h2-9H,10-13H2,1H3,(H,24,26). The van der Waals surface area contributed by atoms with Gasteiger partial charge in [0.25, 0.3) is 0 Å². The molecule has 0 aliphatic heterocycles. The summed E-state index contributed by atoms with van der Waals surface area (Å²) in [6.07, 6.45) is 0.553. The smallest absolute Gasteiger partial charge is 0.235 e. The second kappa shape index (κ2) is 9.40. The maximum atomic E-state index is 13.9. The fraction of sp³-hybridized carbons (Fsp3) is 0.238. The summed E-state index contributed by atoms with van der Waals surface area (Å²) >= 11 is 5.82. The molecule has 0 aliphatic rings. The molecule has 3 aromatic rings. The number of aryl methyl sites for hydroxylation is 1. The van der Waals surface area contributed by atoms with Crippen LogP contribution in [0.1, 0.15) is 17.0 Å². The molecule has 158 valence electrons. The Morgan fingerprint density at radius 2 is 1.87 bits per heavy atom. The Kier molecular flexibility index (Phi) is 6.89. The van der Waals surface area contributed by atoms with Crippen LogP contribution in [-0.4, -0.2) is 31.6 Å². The zero-order chi connectivity index (χ0) is 21.7. The molecule has 1 aromatic heterocycles. The molecule has 0 fully saturated rings. The van der Waals surface area contributed by atoms with Gasteiger partial charge in [0, 0.05) is 11.6 Å². The molecular formula is C21H20ClFN2O4S. The van der Waals surface area contributed by atoms with Gasteiger partial charge in [0.1, 0.15) is 17.3 Å². The number of rotatable bonds is 8. The van der Waals surface area contributed by atoms with Crippen molar-refractivity contribution in [3.05, 3.63) is 76.4 Å². The molecule has 30 heavy (non-hydrogen) atoms. The van der Waals surface area contributed by atoms with Gasteiger partial charge in [-0.3, -0.25) is 4.79 Å². The third-order valence-electron chi connectivity index (χ3n) is 4.35. The van der Waals surface area contributed by atoms with Crippen LogP contribution >= 0.6 is 11.6 Å². The molecule has 1 heterocycles. The fourth-order valence-corrected chi connectivity index (χ4v) is 4.23. The first-order valence-electron chi connectivity index (χ1n) is 9.16. The first-order chi connectivity index (χ1) is 14.2. The van der Waals surface area contributed by atoms with Crippen LogP contribution in [0.5, 0.6) is 0 Å². The molecule has 0 atom stereocenters. The van der Waals surface area contributed by atoms with Gasteiger partial charge < -0.3 is 9.73 Å². The number of carbonyl (C=O) groups excluding carboxylic acids is 1. The maximum absolute atomic E-state index is 13.9. The molecule has 0 spiro atoms. The van der Waals surface area contributed by atoms with Crippen molar-refractivity contribution in [2.75, 3.05) is 12.3 Å². The molecule has 1 amide bonds. The first kappa shape index (κ1) is 22.0. The zero-order valence-corrected chi connectivity index (χ0v) is 17.8. The highest BCUT2D eigenvalue weighted by molar-refractivity contribution is 7.91. The summed E-state index contributed by atoms with van der Waals surface area (Å²) in [6.45, 7) is 1.85. The van der Waals surface area contributed by atoms with E-state index in [0.717, 1.165) is 5.56 Å². The number of hydrogen-bond donors (Lipinski definition) is 1. The van der Waals surface area contributed by atoms with Gasteiger partial charge in [0.05, 0.1) is 17.0 Å². The van der Waals surface area contributed by atoms with Gasteiger partial charge in [-0.1, -0.05) is 35.9 Å². The Morgan fingerprint density at radius 3 is 2.57 bits per heavy atom. The summed E-state index contributed by atoms with van der Waals surface area (Å²) in [5.41, 5.74) is 1.27. The number of sulfone groups is 1. The SMILES string of the molecule is Cc1oc(-c2ccccc2F)nc1CS(=O)(=O)CC(=O)NCCc1ccc(Cl)cc1. The maximum Gasteiger partial charge on any atom is 0.235 e. The van der Waals surface area contributed by atoms with Gasteiger partial charge in [-0.05, 0) is 43.2 Å². The Labute approximate surface area is 179 Å². The molecular weight excluding hydrogens is 431 g/mol. The second-order valence-electron chi connectivity index (χ2n) is 6.76. The van der Waals surface area contributed by atoms with Gasteiger partial charge in [-0.15, -0.1) is 0 Å². The summed E-state index contributed by atoms with van der Waals surface area (Å²) in [4.78, 5) is 16.2. The predicted molar refractivity (Wildman–Crippen MR) is 112 cm³/mol. The minimum absolute atomic E-state index is 0.00298. The van der Waals surface area contributed by atoms with Crippen LogP contribution in [-0.2, 0) is 26.8 Å². The number of benzene rings is 2. The van der Waals surface area contributed by atoms with E-state index in [0.29, 0.717) is 18.0 Å². The summed E-state index contributed by atoms with van der Waals surface area (Å²) in [7, 11) is -3.78. The van der Waals surface area contributed by atoms with Crippen molar-refractivity contribution < 1.29 is 22.0 Å². The van der Waals surface area contributed by atoms with Crippen LogP contribution in [0.3, 0.4) is 0 Å². The largest absolute Gasteiger partial charge is 0.441 e. The molecule has 0 unspecified atom stereocenters. The number of oxazole rings is 1. The van der Waals surface area contributed by atoms with Crippen LogP contribution in [0.25, 0.3) is 11.5 Å². The number of carbonyl (C=O) groups is 1. The van der Waals surface area contributed by atoms with Gasteiger partial charge in [0.15, 0.2) is 9.84 Å². The van der Waals surface area contributed by atoms with Crippen molar-refractivity contribution in [1.29, 1.82) is 0 Å². The van der Waals surface area contributed by atoms with Crippen molar-refractivity contribution in [3.8, 4) is 11.5 Å². The lowest BCUT2D eigenvalue weighted by Gasteiger charge is -2.06. The van der Waals surface area contributed by atoms with E-state index >= 15 is 0 Å². The minimum atomic E-state index is -3.78. The Bertz CT molecular complexity index is 1140. The number of halogens is 2. The van der Waals surface area contributed by atoms with Gasteiger partial charge >= 0.3 is 0 Å². The highest BCUT2D eigenvalue weighted by Gasteiger charge is 2.22. The monoisotopic (exact) mass is 450 g/mol. The van der Waals surface area contributed by atoms with Crippen LogP contribution in [0.15, 0.2) is 52.9 Å². The van der Waals surface area contributed by atoms with E-state index in [4.69, 9.17) is 16.0 Å². The van der Waals surface area contributed by atoms with E-state index in [-0.39, 0.29) is 22.9 Å². The molecule has 0 radical (unpaired) electrons. The van der Waals surface area contributed by atoms with Crippen molar-refractivity contribution in [2.24, 2.45) is 0 Å². The molecule has 0 aliphatic carbocycles. The quantitative estimate of drug-likeness (QED) is 0.565. The normalized spacial score (nSPS) is 11.4. The van der Waals surface area contributed by atoms with E-state index in [9.17, 15) is 17.6 Å². The second-order valence-corrected chi connectivity index (χ2v) is 9.26. The lowest BCUT2D eigenvalue weighted by atomic mass is 10.1. The molecule has 0 bridgehead atoms. The van der Waals surface area contributed by atoms with E-state index in [1.54, 1.807) is 25.1 Å². The molecule has 9 heteroatoms. The lowest BCUT2D eigenvalue weighted by molar-refractivity contribution is -0.118. The Balaban J connectivity index is 1.57. The fourth-order valence-electron chi connectivity index (χ4n) is 2.82. The van der Waals surface area contributed by atoms with Crippen LogP contribution in [0.4, 0.5) is 4.39 Å². The van der Waals surface area contributed by atoms with Crippen LogP contribution in [0, 0.1) is 12.7 Å². The third kappa shape index (κ3) is 5.90. The number of nitrogens with one attached hydrogen (secondary N) is 1. The topological polar surface area (TPSA) is 89.3 Å². The molecule has 2 aromatic carbocycles. The molecule has 0 saturated carbocycles. The predicted octanol–water partition coefficient (Wildman–Crippen LogP) is 3.72. The zero-order valence-electron chi connectivity index (χ0n) is 16.2. The van der Waals surface area contributed by atoms with Crippen molar-refractivity contribution in [3.63, 3.8) is 0 Å². The number of aromatic nitrogens is 1. The van der Waals surface area contributed by atoms with Crippen LogP contribution < -0.4 is 5.32 Å². The van der Waals surface area contributed by atoms with E-state index in [2.05, 4.69) is 10.3 Å². The third-order valence-corrected chi connectivity index (χ3v) is 6.02. The van der Waals surface area contributed by atoms with Crippen LogP contribution in [0.2, 0.25) is 5.02 Å². The highest BCUT2D eigenvalue weighted by atomic mass is 35.5. The average molecular weight is 451 g/mol. The summed E-state index contributed by atoms with van der Waals surface area (Å²) < 4.78 is 44.2. The highest BCUT2D eigenvalue weighted by Crippen LogP contribution is 2.25. The average Bonchev–Trinajstić information content (AvgIpc) is 3.02. The summed E-state index contributed by atoms with van der Waals surface area (Å²) in [5, 5.41) is 3.22. The van der Waals surface area contributed by atoms with E-state index < -0.39 is 33.1 Å². The molecule has 3 rings (SSSR count). The lowest BCUT2D eigenvalue weighted by Crippen LogP contribution is -2.32. The van der Waals surface area contributed by atoms with E-state index in [1.165, 1.54) is 18.2 Å². The van der Waals surface area contributed by atoms with Gasteiger partial charge in [-0.2, -0.15) is 0 Å². The van der Waals surface area contributed by atoms with Gasteiger partial charge in [0.2, 0.25) is 11.8 Å². The summed E-state index contributed by atoms with van der Waals surface area (Å²) in [5.74, 6) is -1.99. The van der Waals surface area contributed by atoms with Crippen molar-refractivity contribution in [2.45, 2.75) is 19.1 Å². The Morgan fingerprint density at radius 1 is 1.17 bits per heavy atom. The molecule has 0 saturated heterocycles. The number of nitrogens with zero attached hydrogens (tertiary/aromatic N) is 1. The minimum Gasteiger partial charge on any atom is -0.441 e. The summed E-state index contributed by atoms with van der Waals surface area (Å²) in [6, 6.07) is 13.1.